The molecule has 724 valence electrons. The number of aromatic nitrogens is 8. The van der Waals surface area contributed by atoms with Crippen molar-refractivity contribution in [2.45, 2.75) is 86.0 Å². The Morgan fingerprint density at radius 2 is 0.460 bits per heavy atom. The Balaban J connectivity index is 0.000000104. The third-order valence-electron chi connectivity index (χ3n) is 29.1. The summed E-state index contributed by atoms with van der Waals surface area (Å²) < 4.78 is 33.3. The maximum Gasteiger partial charge on any atom is 0.227 e. The van der Waals surface area contributed by atoms with Crippen LogP contribution in [0, 0.1) is 5.92 Å². The lowest BCUT2D eigenvalue weighted by molar-refractivity contribution is 0.590. The van der Waals surface area contributed by atoms with Gasteiger partial charge in [-0.25, -0.2) is 19.9 Å². The van der Waals surface area contributed by atoms with Crippen molar-refractivity contribution in [3.63, 3.8) is 0 Å². The molecule has 0 amide bonds. The summed E-state index contributed by atoms with van der Waals surface area (Å²) >= 11 is 0. The Hall–Kier alpha value is -18.5. The molecule has 0 atom stereocenters. The first-order valence-electron chi connectivity index (χ1n) is 51.9. The van der Waals surface area contributed by atoms with Gasteiger partial charge in [-0.1, -0.05) is 304 Å². The zero-order valence-electron chi connectivity index (χ0n) is 84.9. The quantitative estimate of drug-likeness (QED) is 0.0883. The van der Waals surface area contributed by atoms with Gasteiger partial charge >= 0.3 is 0 Å². The molecule has 0 aliphatic rings. The van der Waals surface area contributed by atoms with Gasteiger partial charge in [-0.3, -0.25) is 0 Å². The number of para-hydroxylation sites is 12. The van der Waals surface area contributed by atoms with Crippen molar-refractivity contribution >= 4 is 132 Å². The highest BCUT2D eigenvalue weighted by atomic mass is 16.4. The van der Waals surface area contributed by atoms with E-state index in [1.807, 2.05) is 97.1 Å². The molecule has 12 nitrogen and oxygen atoms in total. The lowest BCUT2D eigenvalue weighted by Gasteiger charge is -2.19. The van der Waals surface area contributed by atoms with Crippen molar-refractivity contribution in [1.29, 1.82) is 0 Å². The minimum atomic E-state index is 0.129. The molecule has 0 radical (unpaired) electrons. The average molecular weight is 1940 g/mol. The number of aryl methyl sites for hydroxylation is 1. The summed E-state index contributed by atoms with van der Waals surface area (Å²) in [6.07, 6.45) is 3.37. The summed E-state index contributed by atoms with van der Waals surface area (Å²) in [6.45, 7) is 18.0. The number of benzene rings is 20. The molecule has 0 spiro atoms. The fourth-order valence-corrected chi connectivity index (χ4v) is 21.4. The van der Waals surface area contributed by atoms with Crippen molar-refractivity contribution in [2.24, 2.45) is 5.92 Å². The Bertz CT molecular complexity index is 9740. The van der Waals surface area contributed by atoms with Crippen molar-refractivity contribution in [2.75, 3.05) is 0 Å². The van der Waals surface area contributed by atoms with Crippen LogP contribution in [0.2, 0.25) is 0 Å². The van der Waals surface area contributed by atoms with E-state index < -0.39 is 0 Å². The predicted molar refractivity (Wildman–Crippen MR) is 622 cm³/mol. The maximum atomic E-state index is 5.96. The monoisotopic (exact) mass is 1940 g/mol. The molecule has 0 aliphatic heterocycles. The first kappa shape index (κ1) is 92.6. The predicted octanol–water partition coefficient (Wildman–Crippen LogP) is 37.6. The second kappa shape index (κ2) is 39.1. The molecule has 8 aromatic heterocycles. The van der Waals surface area contributed by atoms with Gasteiger partial charge in [0.25, 0.3) is 0 Å². The van der Waals surface area contributed by atoms with Gasteiger partial charge in [-0.05, 0) is 315 Å². The van der Waals surface area contributed by atoms with Crippen LogP contribution in [0.5, 0.6) is 0 Å². The summed E-state index contributed by atoms with van der Waals surface area (Å²) in [5.74, 6) is 3.76. The fourth-order valence-electron chi connectivity index (χ4n) is 21.4. The summed E-state index contributed by atoms with van der Waals surface area (Å²) in [6, 6.07) is 163. The summed E-state index contributed by atoms with van der Waals surface area (Å²) in [4.78, 5) is 18.6. The number of fused-ring (bicyclic) bond motifs is 16. The Kier molecular flexibility index (Phi) is 24.1. The van der Waals surface area contributed by atoms with E-state index in [2.05, 4.69) is 458 Å². The lowest BCUT2D eigenvalue weighted by Crippen LogP contribution is -2.10. The van der Waals surface area contributed by atoms with E-state index in [1.54, 1.807) is 0 Å². The molecule has 0 saturated heterocycles. The summed E-state index contributed by atoms with van der Waals surface area (Å²) in [5.41, 5.74) is 40.2. The van der Waals surface area contributed by atoms with Gasteiger partial charge in [0.2, 0.25) is 23.6 Å². The first-order valence-corrected chi connectivity index (χ1v) is 51.9. The third-order valence-corrected chi connectivity index (χ3v) is 29.1. The molecule has 28 aromatic rings. The van der Waals surface area contributed by atoms with Gasteiger partial charge in [0.15, 0.2) is 22.3 Å². The van der Waals surface area contributed by atoms with Gasteiger partial charge < -0.3 is 35.9 Å². The standard InChI is InChI=1S/2C35H28N2O.2C34H26N2O/c1-35(2,3)26-17-19-27(20-18-26)37-31-10-6-4-8-28(31)29-22-25(16-21-32(29)37)23-12-14-24(15-13-23)34-36-30-9-5-7-11-33(30)38-34;1-23(2)21-24-11-18-28(19-12-24)37-32-9-5-3-7-29(32)30-22-27(17-20-33(30)37)25-13-15-26(16-14-25)35-36-31-8-4-6-10-34(31)38-35;1-22(2)23-15-18-27(19-16-23)36-31-9-5-3-7-28(31)29-21-26(17-20-32(29)36)24-11-13-25(14-12-24)34-35-30-8-4-6-10-33(30)37-34;1-2-7-23-12-19-27(20-13-23)36-31-10-5-3-8-28(31)29-22-26(18-21-32(29)36)24-14-16-25(17-15-24)34-35-30-9-4-6-11-33(30)37-34/h4-22H,1-3H3;3-20,22-23H,21H2,1-2H3;3-22H,1-2H3;3-6,8-22H,2,7H2,1H3. The molecule has 0 unspecified atom stereocenters. The molecule has 8 heterocycles. The van der Waals surface area contributed by atoms with Crippen LogP contribution >= 0.6 is 0 Å². The normalized spacial score (nSPS) is 11.8. The van der Waals surface area contributed by atoms with E-state index in [0.29, 0.717) is 35.4 Å². The molecule has 0 N–H and O–H groups in total. The molecule has 0 saturated carbocycles. The van der Waals surface area contributed by atoms with Crippen LogP contribution in [0.1, 0.15) is 90.0 Å². The molecule has 150 heavy (non-hydrogen) atoms. The number of hydrogen-bond acceptors (Lipinski definition) is 8. The van der Waals surface area contributed by atoms with E-state index in [4.69, 9.17) is 17.7 Å². The van der Waals surface area contributed by atoms with E-state index in [0.717, 1.165) is 91.5 Å². The van der Waals surface area contributed by atoms with Gasteiger partial charge in [0.1, 0.15) is 22.1 Å². The SMILES string of the molecule is CC(C)(C)c1ccc(-n2c3ccccc3c3cc(-c4ccc(-c5nc6ccccc6o5)cc4)ccc32)cc1.CC(C)Cc1ccc(-n2c3ccccc3c3cc(-c4ccc(-c5nc6ccccc6o5)cc4)ccc32)cc1.CC(C)c1ccc(-n2c3ccccc3c3cc(-c4ccc(-c5nc6ccccc6o5)cc4)ccc32)cc1.CCCc1ccc(-n2c3ccccc3c3cc(-c4ccc(-c5nc6ccccc6o5)cc4)ccc32)cc1. The van der Waals surface area contributed by atoms with Crippen LogP contribution in [-0.2, 0) is 18.3 Å². The second-order valence-electron chi connectivity index (χ2n) is 40.8. The van der Waals surface area contributed by atoms with E-state index in [9.17, 15) is 0 Å². The third kappa shape index (κ3) is 17.8. The minimum absolute atomic E-state index is 0.129. The van der Waals surface area contributed by atoms with Crippen molar-refractivity contribution in [3.05, 3.63) is 483 Å². The van der Waals surface area contributed by atoms with Crippen LogP contribution in [0.4, 0.5) is 0 Å². The van der Waals surface area contributed by atoms with Crippen molar-refractivity contribution < 1.29 is 17.7 Å². The smallest absolute Gasteiger partial charge is 0.227 e. The molecule has 0 aliphatic carbocycles. The lowest BCUT2D eigenvalue weighted by atomic mass is 9.87. The highest BCUT2D eigenvalue weighted by Crippen LogP contribution is 2.44. The van der Waals surface area contributed by atoms with E-state index >= 15 is 0 Å². The molecular formula is C138H108N8O4. The molecular weight excluding hydrogens is 1830 g/mol. The van der Waals surface area contributed by atoms with Gasteiger partial charge in [-0.15, -0.1) is 0 Å². The highest BCUT2D eigenvalue weighted by Gasteiger charge is 2.24. The zero-order valence-corrected chi connectivity index (χ0v) is 84.9. The largest absolute Gasteiger partial charge is 0.436 e. The summed E-state index contributed by atoms with van der Waals surface area (Å²) in [5, 5.41) is 10.1. The maximum absolute atomic E-state index is 5.96. The Labute approximate surface area is 869 Å². The topological polar surface area (TPSA) is 124 Å². The number of nitrogens with zero attached hydrogens (tertiary/aromatic N) is 8. The van der Waals surface area contributed by atoms with Gasteiger partial charge in [0, 0.05) is 88.1 Å². The molecule has 28 rings (SSSR count). The van der Waals surface area contributed by atoms with Crippen LogP contribution in [0.25, 0.3) is 245 Å². The molecule has 0 fully saturated rings. The van der Waals surface area contributed by atoms with Crippen molar-refractivity contribution in [3.8, 4) is 113 Å². The molecule has 12 heteroatoms. The number of hydrogen-bond donors (Lipinski definition) is 0. The van der Waals surface area contributed by atoms with Gasteiger partial charge in [-0.2, -0.15) is 0 Å². The average Bonchev–Trinajstić information content (AvgIpc) is 1.60. The molecule has 20 aromatic carbocycles. The van der Waals surface area contributed by atoms with Crippen LogP contribution in [0.3, 0.4) is 0 Å². The first-order chi connectivity index (χ1) is 73.5. The second-order valence-corrected chi connectivity index (χ2v) is 40.8. The van der Waals surface area contributed by atoms with Gasteiger partial charge in [0.05, 0.1) is 44.1 Å². The zero-order chi connectivity index (χ0) is 101. The van der Waals surface area contributed by atoms with Crippen LogP contribution < -0.4 is 0 Å². The van der Waals surface area contributed by atoms with E-state index in [-0.39, 0.29) is 5.41 Å². The number of rotatable bonds is 17. The Morgan fingerprint density at radius 1 is 0.227 bits per heavy atom. The number of oxazole rings is 4. The van der Waals surface area contributed by atoms with Crippen LogP contribution in [-0.4, -0.2) is 38.2 Å². The van der Waals surface area contributed by atoms with Crippen LogP contribution in [0.15, 0.2) is 479 Å². The highest BCUT2D eigenvalue weighted by molar-refractivity contribution is 6.14. The van der Waals surface area contributed by atoms with E-state index in [1.165, 1.54) is 171 Å². The summed E-state index contributed by atoms with van der Waals surface area (Å²) in [7, 11) is 0. The minimum Gasteiger partial charge on any atom is -0.436 e. The Morgan fingerprint density at radius 3 is 0.720 bits per heavy atom. The van der Waals surface area contributed by atoms with Crippen molar-refractivity contribution in [1.82, 2.24) is 38.2 Å². The molecule has 0 bridgehead atoms. The fraction of sp³-hybridized carbons (Fsp3) is 0.101.